The SMILES string of the molecule is COC(=O)c1ccccc1CSCC(C)CN. The maximum absolute atomic E-state index is 11.5. The number of thioether (sulfide) groups is 1. The molecule has 0 saturated heterocycles. The topological polar surface area (TPSA) is 52.3 Å². The average Bonchev–Trinajstić information content (AvgIpc) is 2.38. The van der Waals surface area contributed by atoms with Crippen LogP contribution in [0.2, 0.25) is 0 Å². The molecular formula is C13H19NO2S. The summed E-state index contributed by atoms with van der Waals surface area (Å²) in [5.74, 6) is 2.06. The molecule has 0 saturated carbocycles. The second-order valence-electron chi connectivity index (χ2n) is 4.00. The molecule has 1 aromatic carbocycles. The summed E-state index contributed by atoms with van der Waals surface area (Å²) in [5.41, 5.74) is 7.24. The van der Waals surface area contributed by atoms with Crippen LogP contribution < -0.4 is 5.73 Å². The number of carbonyl (C=O) groups excluding carboxylic acids is 1. The first-order chi connectivity index (χ1) is 8.19. The van der Waals surface area contributed by atoms with Gasteiger partial charge in [-0.05, 0) is 29.8 Å². The zero-order chi connectivity index (χ0) is 12.7. The molecule has 0 fully saturated rings. The molecule has 17 heavy (non-hydrogen) atoms. The Balaban J connectivity index is 2.61. The fourth-order valence-corrected chi connectivity index (χ4v) is 2.52. The van der Waals surface area contributed by atoms with Crippen molar-refractivity contribution in [3.8, 4) is 0 Å². The summed E-state index contributed by atoms with van der Waals surface area (Å²) in [6.07, 6.45) is 0. The van der Waals surface area contributed by atoms with Gasteiger partial charge in [-0.2, -0.15) is 11.8 Å². The van der Waals surface area contributed by atoms with Crippen LogP contribution >= 0.6 is 11.8 Å². The molecule has 94 valence electrons. The van der Waals surface area contributed by atoms with Crippen molar-refractivity contribution in [3.63, 3.8) is 0 Å². The molecule has 1 aromatic rings. The molecular weight excluding hydrogens is 234 g/mol. The van der Waals surface area contributed by atoms with Gasteiger partial charge in [0.25, 0.3) is 0 Å². The van der Waals surface area contributed by atoms with Gasteiger partial charge >= 0.3 is 5.97 Å². The summed E-state index contributed by atoms with van der Waals surface area (Å²) in [5, 5.41) is 0. The van der Waals surface area contributed by atoms with E-state index < -0.39 is 0 Å². The van der Waals surface area contributed by atoms with Gasteiger partial charge in [0.2, 0.25) is 0 Å². The van der Waals surface area contributed by atoms with Crippen molar-refractivity contribution < 1.29 is 9.53 Å². The van der Waals surface area contributed by atoms with E-state index in [1.165, 1.54) is 7.11 Å². The molecule has 0 aliphatic heterocycles. The van der Waals surface area contributed by atoms with Gasteiger partial charge in [0.05, 0.1) is 12.7 Å². The van der Waals surface area contributed by atoms with Crippen molar-refractivity contribution in [2.75, 3.05) is 19.4 Å². The zero-order valence-corrected chi connectivity index (χ0v) is 11.1. The summed E-state index contributed by atoms with van der Waals surface area (Å²) in [6, 6.07) is 7.55. The normalized spacial score (nSPS) is 12.2. The van der Waals surface area contributed by atoms with Crippen molar-refractivity contribution >= 4 is 17.7 Å². The van der Waals surface area contributed by atoms with E-state index in [-0.39, 0.29) is 5.97 Å². The Hall–Kier alpha value is -1.00. The lowest BCUT2D eigenvalue weighted by atomic mass is 10.1. The second kappa shape index (κ2) is 7.35. The van der Waals surface area contributed by atoms with Gasteiger partial charge in [-0.25, -0.2) is 4.79 Å². The second-order valence-corrected chi connectivity index (χ2v) is 5.03. The molecule has 2 N–H and O–H groups in total. The monoisotopic (exact) mass is 253 g/mol. The molecule has 0 aromatic heterocycles. The maximum atomic E-state index is 11.5. The first-order valence-corrected chi connectivity index (χ1v) is 6.78. The molecule has 0 amide bonds. The third-order valence-electron chi connectivity index (χ3n) is 2.48. The number of benzene rings is 1. The highest BCUT2D eigenvalue weighted by Gasteiger charge is 2.10. The summed E-state index contributed by atoms with van der Waals surface area (Å²) < 4.78 is 4.76. The number of nitrogens with two attached hydrogens (primary N) is 1. The van der Waals surface area contributed by atoms with Crippen molar-refractivity contribution in [1.82, 2.24) is 0 Å². The predicted molar refractivity (Wildman–Crippen MR) is 72.2 cm³/mol. The van der Waals surface area contributed by atoms with E-state index in [1.54, 1.807) is 17.8 Å². The number of rotatable bonds is 6. The van der Waals surface area contributed by atoms with Crippen LogP contribution in [0.25, 0.3) is 0 Å². The van der Waals surface area contributed by atoms with Crippen LogP contribution in [0.3, 0.4) is 0 Å². The zero-order valence-electron chi connectivity index (χ0n) is 10.3. The number of hydrogen-bond acceptors (Lipinski definition) is 4. The Bertz CT molecular complexity index is 368. The molecule has 0 aliphatic carbocycles. The van der Waals surface area contributed by atoms with Gasteiger partial charge < -0.3 is 10.5 Å². The maximum Gasteiger partial charge on any atom is 0.338 e. The van der Waals surface area contributed by atoms with Crippen LogP contribution in [0.15, 0.2) is 24.3 Å². The molecule has 0 bridgehead atoms. The average molecular weight is 253 g/mol. The van der Waals surface area contributed by atoms with Crippen molar-refractivity contribution in [2.24, 2.45) is 11.7 Å². The molecule has 0 aliphatic rings. The first kappa shape index (κ1) is 14.1. The first-order valence-electron chi connectivity index (χ1n) is 5.63. The largest absolute Gasteiger partial charge is 0.465 e. The smallest absolute Gasteiger partial charge is 0.338 e. The van der Waals surface area contributed by atoms with Gasteiger partial charge in [0, 0.05) is 5.75 Å². The summed E-state index contributed by atoms with van der Waals surface area (Å²) >= 11 is 1.79. The van der Waals surface area contributed by atoms with Crippen LogP contribution in [0, 0.1) is 5.92 Å². The van der Waals surface area contributed by atoms with Crippen molar-refractivity contribution in [1.29, 1.82) is 0 Å². The molecule has 3 nitrogen and oxygen atoms in total. The number of methoxy groups -OCH3 is 1. The van der Waals surface area contributed by atoms with Gasteiger partial charge in [-0.1, -0.05) is 25.1 Å². The van der Waals surface area contributed by atoms with E-state index in [0.717, 1.165) is 17.1 Å². The molecule has 1 atom stereocenters. The van der Waals surface area contributed by atoms with E-state index >= 15 is 0 Å². The standard InChI is InChI=1S/C13H19NO2S/c1-10(7-14)8-17-9-11-5-3-4-6-12(11)13(15)16-2/h3-6,10H,7-9,14H2,1-2H3. The lowest BCUT2D eigenvalue weighted by Crippen LogP contribution is -2.13. The van der Waals surface area contributed by atoms with Gasteiger partial charge in [0.15, 0.2) is 0 Å². The summed E-state index contributed by atoms with van der Waals surface area (Å²) in [7, 11) is 1.41. The predicted octanol–water partition coefficient (Wildman–Crippen LogP) is 2.30. The molecule has 1 unspecified atom stereocenters. The Kier molecular flexibility index (Phi) is 6.08. The van der Waals surface area contributed by atoms with Crippen molar-refractivity contribution in [3.05, 3.63) is 35.4 Å². The highest BCUT2D eigenvalue weighted by atomic mass is 32.2. The lowest BCUT2D eigenvalue weighted by Gasteiger charge is -2.10. The molecule has 0 spiro atoms. The summed E-state index contributed by atoms with van der Waals surface area (Å²) in [6.45, 7) is 2.82. The molecule has 1 rings (SSSR count). The highest BCUT2D eigenvalue weighted by Crippen LogP contribution is 2.19. The van der Waals surface area contributed by atoms with Gasteiger partial charge in [-0.15, -0.1) is 0 Å². The van der Waals surface area contributed by atoms with Crippen LogP contribution in [-0.4, -0.2) is 25.4 Å². The molecule has 0 radical (unpaired) electrons. The van der Waals surface area contributed by atoms with E-state index in [4.69, 9.17) is 10.5 Å². The van der Waals surface area contributed by atoms with Crippen LogP contribution in [0.1, 0.15) is 22.8 Å². The molecule has 0 heterocycles. The lowest BCUT2D eigenvalue weighted by molar-refractivity contribution is 0.0600. The van der Waals surface area contributed by atoms with Gasteiger partial charge in [0.1, 0.15) is 0 Å². The van der Waals surface area contributed by atoms with Gasteiger partial charge in [-0.3, -0.25) is 0 Å². The minimum atomic E-state index is -0.270. The minimum Gasteiger partial charge on any atom is -0.465 e. The van der Waals surface area contributed by atoms with E-state index in [0.29, 0.717) is 18.0 Å². The van der Waals surface area contributed by atoms with Crippen LogP contribution in [0.4, 0.5) is 0 Å². The van der Waals surface area contributed by atoms with E-state index in [1.807, 2.05) is 18.2 Å². The van der Waals surface area contributed by atoms with Crippen molar-refractivity contribution in [2.45, 2.75) is 12.7 Å². The van der Waals surface area contributed by atoms with E-state index in [9.17, 15) is 4.79 Å². The fourth-order valence-electron chi connectivity index (χ4n) is 1.39. The number of ether oxygens (including phenoxy) is 1. The Morgan fingerprint density at radius 3 is 2.82 bits per heavy atom. The number of hydrogen-bond donors (Lipinski definition) is 1. The fraction of sp³-hybridized carbons (Fsp3) is 0.462. The Labute approximate surface area is 107 Å². The van der Waals surface area contributed by atoms with Crippen LogP contribution in [-0.2, 0) is 10.5 Å². The minimum absolute atomic E-state index is 0.270. The Morgan fingerprint density at radius 2 is 2.18 bits per heavy atom. The third kappa shape index (κ3) is 4.40. The van der Waals surface area contributed by atoms with Crippen LogP contribution in [0.5, 0.6) is 0 Å². The van der Waals surface area contributed by atoms with E-state index in [2.05, 4.69) is 6.92 Å². The highest BCUT2D eigenvalue weighted by molar-refractivity contribution is 7.98. The number of carbonyl (C=O) groups is 1. The molecule has 4 heteroatoms. The quantitative estimate of drug-likeness (QED) is 0.790. The number of esters is 1. The third-order valence-corrected chi connectivity index (χ3v) is 3.80. The Morgan fingerprint density at radius 1 is 1.47 bits per heavy atom. The summed E-state index contributed by atoms with van der Waals surface area (Å²) in [4.78, 5) is 11.5.